The molecule has 0 saturated carbocycles. The minimum atomic E-state index is -2.04. The summed E-state index contributed by atoms with van der Waals surface area (Å²) in [6.07, 6.45) is 4.70. The first-order chi connectivity index (χ1) is 7.80. The van der Waals surface area contributed by atoms with Crippen LogP contribution in [0, 0.1) is 0 Å². The molecular formula is C15H27Cl2NSiTi. The Balaban J connectivity index is 0. The Morgan fingerprint density at radius 1 is 1.05 bits per heavy atom. The quantitative estimate of drug-likeness (QED) is 0.545. The monoisotopic (exact) mass is 367 g/mol. The third kappa shape index (κ3) is 5.32. The predicted octanol–water partition coefficient (Wildman–Crippen LogP) is -3.14. The fourth-order valence-electron chi connectivity index (χ4n) is 2.92. The van der Waals surface area contributed by atoms with Crippen molar-refractivity contribution in [3.8, 4) is 0 Å². The van der Waals surface area contributed by atoms with Gasteiger partial charge in [-0.3, -0.25) is 0 Å². The summed E-state index contributed by atoms with van der Waals surface area (Å²) < 4.78 is 4.56. The van der Waals surface area contributed by atoms with Gasteiger partial charge in [-0.15, -0.1) is 0 Å². The number of benzene rings is 1. The van der Waals surface area contributed by atoms with E-state index in [4.69, 9.17) is 0 Å². The van der Waals surface area contributed by atoms with E-state index >= 15 is 0 Å². The third-order valence-corrected chi connectivity index (χ3v) is 8.67. The van der Waals surface area contributed by atoms with Crippen molar-refractivity contribution in [2.75, 3.05) is 0 Å². The molecule has 5 heteroatoms. The Morgan fingerprint density at radius 3 is 2.15 bits per heavy atom. The molecule has 1 aliphatic rings. The summed E-state index contributed by atoms with van der Waals surface area (Å²) in [4.78, 5) is 0. The van der Waals surface area contributed by atoms with E-state index in [0.29, 0.717) is 4.22 Å². The van der Waals surface area contributed by atoms with Crippen LogP contribution >= 0.6 is 0 Å². The first-order valence-corrected chi connectivity index (χ1v) is 11.2. The van der Waals surface area contributed by atoms with Crippen molar-refractivity contribution in [3.63, 3.8) is 0 Å². The zero-order valence-electron chi connectivity index (χ0n) is 12.3. The van der Waals surface area contributed by atoms with Crippen LogP contribution in [0.4, 0.5) is 0 Å². The van der Waals surface area contributed by atoms with E-state index in [1.54, 1.807) is 0 Å². The minimum Gasteiger partial charge on any atom is -1.00 e. The van der Waals surface area contributed by atoms with Crippen LogP contribution in [0.15, 0.2) is 30.3 Å². The maximum atomic E-state index is 3.91. The van der Waals surface area contributed by atoms with E-state index in [2.05, 4.69) is 71.4 Å². The van der Waals surface area contributed by atoms with Gasteiger partial charge in [-0.05, 0) is 11.0 Å². The molecule has 0 amide bonds. The SMILES string of the molecule is CC(C)(C)[NH][Ti+2]([CH3])([CH3])[CH]1C=Cc2ccccc21.[Cl-].[Cl-].[SiH4]. The molecule has 0 bridgehead atoms. The van der Waals surface area contributed by atoms with Crippen LogP contribution in [0.5, 0.6) is 0 Å². The molecular weight excluding hydrogens is 341 g/mol. The number of fused-ring (bicyclic) bond motifs is 1. The Labute approximate surface area is 144 Å². The number of hydrogen-bond acceptors (Lipinski definition) is 1. The van der Waals surface area contributed by atoms with E-state index in [1.165, 1.54) is 11.1 Å². The minimum absolute atomic E-state index is 0. The number of allylic oxidation sites excluding steroid dienone is 1. The Bertz CT molecular complexity index is 455. The van der Waals surface area contributed by atoms with Gasteiger partial charge in [0.1, 0.15) is 0 Å². The van der Waals surface area contributed by atoms with Gasteiger partial charge in [-0.1, -0.05) is 0 Å². The van der Waals surface area contributed by atoms with Crippen molar-refractivity contribution in [1.82, 2.24) is 3.80 Å². The largest absolute Gasteiger partial charge is 1.00 e. The molecule has 1 unspecified atom stereocenters. The van der Waals surface area contributed by atoms with Crippen molar-refractivity contribution >= 4 is 17.0 Å². The molecule has 0 saturated heterocycles. The first-order valence-electron chi connectivity index (χ1n) is 6.36. The van der Waals surface area contributed by atoms with Crippen LogP contribution in [0.1, 0.15) is 36.1 Å². The molecule has 2 rings (SSSR count). The van der Waals surface area contributed by atoms with Gasteiger partial charge in [-0.2, -0.15) is 0 Å². The summed E-state index contributed by atoms with van der Waals surface area (Å²) in [5.41, 5.74) is 3.15. The molecule has 0 aliphatic heterocycles. The van der Waals surface area contributed by atoms with E-state index in [9.17, 15) is 0 Å². The van der Waals surface area contributed by atoms with Gasteiger partial charge in [0.25, 0.3) is 0 Å². The summed E-state index contributed by atoms with van der Waals surface area (Å²) in [7, 11) is 0. The molecule has 0 spiro atoms. The second-order valence-electron chi connectivity index (χ2n) is 6.56. The van der Waals surface area contributed by atoms with E-state index in [-0.39, 0.29) is 41.3 Å². The molecule has 1 aromatic rings. The van der Waals surface area contributed by atoms with Gasteiger partial charge in [0.2, 0.25) is 0 Å². The smallest absolute Gasteiger partial charge is 0.0149 e. The van der Waals surface area contributed by atoms with Gasteiger partial charge < -0.3 is 24.8 Å². The van der Waals surface area contributed by atoms with E-state index in [1.807, 2.05) is 0 Å². The van der Waals surface area contributed by atoms with Gasteiger partial charge >= 0.3 is 109 Å². The standard InChI is InChI=1S/C9H7.C4H10N.2CH3.2ClH.H4Si.Ti/c1-2-5-9-7-3-6-8(9)4-1;1-4(2,3)5;;;;;;/h1-7H;5H,1-3H3;2*1H3;2*1H;1H4;/q;-1;;;;;;+3/p-2. The predicted molar refractivity (Wildman–Crippen MR) is 84.2 cm³/mol. The fourth-order valence-corrected chi connectivity index (χ4v) is 8.71. The van der Waals surface area contributed by atoms with Crippen molar-refractivity contribution in [2.45, 2.75) is 41.0 Å². The summed E-state index contributed by atoms with van der Waals surface area (Å²) >= 11 is -2.04. The summed E-state index contributed by atoms with van der Waals surface area (Å²) in [6, 6.07) is 8.80. The van der Waals surface area contributed by atoms with Crippen molar-refractivity contribution in [2.24, 2.45) is 0 Å². The Hall–Kier alpha value is 0.431. The van der Waals surface area contributed by atoms with Crippen LogP contribution in [0.25, 0.3) is 6.08 Å². The number of hydrogen-bond donors (Lipinski definition) is 1. The summed E-state index contributed by atoms with van der Waals surface area (Å²) in [6.45, 7) is 6.81. The van der Waals surface area contributed by atoms with Gasteiger partial charge in [0, 0.05) is 0 Å². The van der Waals surface area contributed by atoms with Crippen LogP contribution in [-0.2, 0) is 16.8 Å². The molecule has 0 fully saturated rings. The van der Waals surface area contributed by atoms with Crippen molar-refractivity contribution in [3.05, 3.63) is 41.5 Å². The Morgan fingerprint density at radius 2 is 1.60 bits per heavy atom. The van der Waals surface area contributed by atoms with Gasteiger partial charge in [0.05, 0.1) is 0 Å². The zero-order valence-corrected chi connectivity index (χ0v) is 15.4. The topological polar surface area (TPSA) is 12.0 Å². The molecule has 1 nitrogen and oxygen atoms in total. The fraction of sp³-hybridized carbons (Fsp3) is 0.467. The van der Waals surface area contributed by atoms with Crippen molar-refractivity contribution < 1.29 is 41.7 Å². The summed E-state index contributed by atoms with van der Waals surface area (Å²) in [5.74, 6) is 0. The normalized spacial score (nSPS) is 15.8. The van der Waals surface area contributed by atoms with Crippen LogP contribution in [-0.4, -0.2) is 16.5 Å². The van der Waals surface area contributed by atoms with Crippen LogP contribution in [0.3, 0.4) is 0 Å². The second-order valence-corrected chi connectivity index (χ2v) is 13.3. The van der Waals surface area contributed by atoms with Gasteiger partial charge in [0.15, 0.2) is 0 Å². The molecule has 0 radical (unpaired) electrons. The molecule has 20 heavy (non-hydrogen) atoms. The average molecular weight is 368 g/mol. The average Bonchev–Trinajstić information content (AvgIpc) is 2.57. The molecule has 0 aromatic heterocycles. The summed E-state index contributed by atoms with van der Waals surface area (Å²) in [5, 5.41) is 4.95. The van der Waals surface area contributed by atoms with Crippen molar-refractivity contribution in [1.29, 1.82) is 0 Å². The van der Waals surface area contributed by atoms with E-state index in [0.717, 1.165) is 0 Å². The van der Waals surface area contributed by atoms with Crippen LogP contribution in [0.2, 0.25) is 10.5 Å². The number of halogens is 2. The first kappa shape index (κ1) is 22.7. The molecule has 1 aromatic carbocycles. The van der Waals surface area contributed by atoms with Gasteiger partial charge in [-0.25, -0.2) is 0 Å². The maximum absolute atomic E-state index is 3.91. The number of nitrogens with one attached hydrogen (secondary N) is 1. The molecule has 0 heterocycles. The maximum Gasteiger partial charge on any atom is -0.0149 e. The number of rotatable bonds is 2. The molecule has 1 aliphatic carbocycles. The third-order valence-electron chi connectivity index (χ3n) is 3.27. The Kier molecular flexibility index (Phi) is 9.27. The molecule has 1 N–H and O–H groups in total. The zero-order chi connectivity index (χ0) is 12.7. The molecule has 1 atom stereocenters. The van der Waals surface area contributed by atoms with Crippen LogP contribution < -0.4 is 28.6 Å². The second kappa shape index (κ2) is 8.17. The molecule has 114 valence electrons. The van der Waals surface area contributed by atoms with E-state index < -0.39 is 16.8 Å².